The van der Waals surface area contributed by atoms with E-state index in [1.165, 1.54) is 12.8 Å². The predicted octanol–water partition coefficient (Wildman–Crippen LogP) is 5.46. The molecule has 31 heavy (non-hydrogen) atoms. The first-order chi connectivity index (χ1) is 14.9. The van der Waals surface area contributed by atoms with E-state index < -0.39 is 0 Å². The first-order valence-corrected chi connectivity index (χ1v) is 11.1. The van der Waals surface area contributed by atoms with Gasteiger partial charge >= 0.3 is 0 Å². The molecule has 6 heteroatoms. The van der Waals surface area contributed by atoms with Crippen molar-refractivity contribution >= 4 is 21.8 Å². The number of aromatic amines is 1. The maximum Gasteiger partial charge on any atom is 0.259 e. The standard InChI is InChI=1S/C25H28N4O2/c1-14(2)31-22-11-15(3)23(16(4)27-22)17-9-10-19-21(12-17)28-25(30)20-13-26-29(24(19)20)18-7-5-6-8-18/h9-14,18H,5-8H2,1-4H3,(H,28,30). The highest BCUT2D eigenvalue weighted by Crippen LogP contribution is 2.35. The van der Waals surface area contributed by atoms with Crippen molar-refractivity contribution in [3.05, 3.63) is 52.1 Å². The van der Waals surface area contributed by atoms with Gasteiger partial charge < -0.3 is 9.72 Å². The van der Waals surface area contributed by atoms with E-state index in [9.17, 15) is 4.79 Å². The van der Waals surface area contributed by atoms with Crippen LogP contribution in [0.15, 0.2) is 35.3 Å². The first kappa shape index (κ1) is 19.8. The van der Waals surface area contributed by atoms with Crippen molar-refractivity contribution in [2.45, 2.75) is 65.5 Å². The van der Waals surface area contributed by atoms with Gasteiger partial charge in [-0.15, -0.1) is 0 Å². The van der Waals surface area contributed by atoms with Crippen LogP contribution >= 0.6 is 0 Å². The molecule has 3 aromatic heterocycles. The van der Waals surface area contributed by atoms with E-state index >= 15 is 0 Å². The number of hydrogen-bond acceptors (Lipinski definition) is 4. The van der Waals surface area contributed by atoms with Crippen molar-refractivity contribution in [1.82, 2.24) is 19.7 Å². The molecule has 1 N–H and O–H groups in total. The van der Waals surface area contributed by atoms with Crippen LogP contribution in [0.2, 0.25) is 0 Å². The van der Waals surface area contributed by atoms with Gasteiger partial charge in [-0.2, -0.15) is 5.10 Å². The molecule has 1 aliphatic rings. The van der Waals surface area contributed by atoms with E-state index in [2.05, 4.69) is 44.9 Å². The number of nitrogens with zero attached hydrogens (tertiary/aromatic N) is 3. The molecule has 0 spiro atoms. The third-order valence-electron chi connectivity index (χ3n) is 6.25. The average Bonchev–Trinajstić information content (AvgIpc) is 3.37. The largest absolute Gasteiger partial charge is 0.475 e. The van der Waals surface area contributed by atoms with Gasteiger partial charge in [-0.05, 0) is 57.7 Å². The molecule has 0 unspecified atom stereocenters. The van der Waals surface area contributed by atoms with Crippen LogP contribution in [0.5, 0.6) is 5.88 Å². The van der Waals surface area contributed by atoms with Gasteiger partial charge in [-0.25, -0.2) is 4.98 Å². The predicted molar refractivity (Wildman–Crippen MR) is 124 cm³/mol. The molecule has 5 rings (SSSR count). The molecule has 160 valence electrons. The smallest absolute Gasteiger partial charge is 0.259 e. The fraction of sp³-hybridized carbons (Fsp3) is 0.400. The van der Waals surface area contributed by atoms with Gasteiger partial charge in [0, 0.05) is 22.7 Å². The lowest BCUT2D eigenvalue weighted by atomic mass is 9.98. The molecular weight excluding hydrogens is 388 g/mol. The Kier molecular flexibility index (Phi) is 4.80. The number of ether oxygens (including phenoxy) is 1. The highest BCUT2D eigenvalue weighted by atomic mass is 16.5. The Morgan fingerprint density at radius 3 is 2.61 bits per heavy atom. The number of fused-ring (bicyclic) bond motifs is 3. The Morgan fingerprint density at radius 1 is 1.13 bits per heavy atom. The van der Waals surface area contributed by atoms with E-state index in [1.54, 1.807) is 6.20 Å². The molecule has 1 aromatic carbocycles. The molecule has 0 aliphatic heterocycles. The van der Waals surface area contributed by atoms with Crippen LogP contribution in [0, 0.1) is 13.8 Å². The monoisotopic (exact) mass is 416 g/mol. The fourth-order valence-electron chi connectivity index (χ4n) is 4.96. The summed E-state index contributed by atoms with van der Waals surface area (Å²) < 4.78 is 7.86. The molecule has 0 amide bonds. The van der Waals surface area contributed by atoms with Crippen molar-refractivity contribution in [3.8, 4) is 17.0 Å². The van der Waals surface area contributed by atoms with Crippen LogP contribution in [0.25, 0.3) is 32.9 Å². The number of H-pyrrole nitrogens is 1. The van der Waals surface area contributed by atoms with Crippen LogP contribution in [-0.2, 0) is 0 Å². The fourth-order valence-corrected chi connectivity index (χ4v) is 4.96. The summed E-state index contributed by atoms with van der Waals surface area (Å²) in [6.07, 6.45) is 6.48. The molecule has 3 heterocycles. The second kappa shape index (κ2) is 7.52. The molecule has 0 saturated heterocycles. The van der Waals surface area contributed by atoms with E-state index in [-0.39, 0.29) is 11.7 Å². The van der Waals surface area contributed by atoms with Gasteiger partial charge in [-0.1, -0.05) is 25.0 Å². The van der Waals surface area contributed by atoms with Gasteiger partial charge in [0.05, 0.1) is 34.8 Å². The van der Waals surface area contributed by atoms with Gasteiger partial charge in [0.1, 0.15) is 0 Å². The lowest BCUT2D eigenvalue weighted by molar-refractivity contribution is 0.232. The lowest BCUT2D eigenvalue weighted by Crippen LogP contribution is -2.10. The Morgan fingerprint density at radius 2 is 1.90 bits per heavy atom. The molecule has 1 fully saturated rings. The Balaban J connectivity index is 1.67. The van der Waals surface area contributed by atoms with Crippen LogP contribution in [-0.4, -0.2) is 25.9 Å². The lowest BCUT2D eigenvalue weighted by Gasteiger charge is -2.16. The maximum atomic E-state index is 12.8. The molecule has 4 aromatic rings. The summed E-state index contributed by atoms with van der Waals surface area (Å²) in [5, 5.41) is 6.30. The third kappa shape index (κ3) is 3.40. The van der Waals surface area contributed by atoms with Gasteiger partial charge in [-0.3, -0.25) is 9.48 Å². The summed E-state index contributed by atoms with van der Waals surface area (Å²) >= 11 is 0. The van der Waals surface area contributed by atoms with E-state index in [1.807, 2.05) is 26.8 Å². The highest BCUT2D eigenvalue weighted by molar-refractivity contribution is 6.04. The minimum absolute atomic E-state index is 0.0787. The Labute approximate surface area is 181 Å². The Bertz CT molecular complexity index is 1320. The zero-order valence-electron chi connectivity index (χ0n) is 18.5. The highest BCUT2D eigenvalue weighted by Gasteiger charge is 2.22. The molecule has 1 aliphatic carbocycles. The summed E-state index contributed by atoms with van der Waals surface area (Å²) in [7, 11) is 0. The SMILES string of the molecule is Cc1cc(OC(C)C)nc(C)c1-c1ccc2c(c1)[nH]c(=O)c1cnn(C3CCCC3)c12. The molecule has 0 atom stereocenters. The van der Waals surface area contributed by atoms with E-state index in [0.29, 0.717) is 17.3 Å². The minimum Gasteiger partial charge on any atom is -0.475 e. The summed E-state index contributed by atoms with van der Waals surface area (Å²) in [5.41, 5.74) is 5.81. The van der Waals surface area contributed by atoms with Crippen molar-refractivity contribution in [2.24, 2.45) is 0 Å². The normalized spacial score (nSPS) is 14.9. The minimum atomic E-state index is -0.0869. The van der Waals surface area contributed by atoms with E-state index in [4.69, 9.17) is 4.74 Å². The van der Waals surface area contributed by atoms with Gasteiger partial charge in [0.15, 0.2) is 0 Å². The number of pyridine rings is 2. The second-order valence-corrected chi connectivity index (χ2v) is 8.91. The molecule has 6 nitrogen and oxygen atoms in total. The van der Waals surface area contributed by atoms with Crippen molar-refractivity contribution in [2.75, 3.05) is 0 Å². The summed E-state index contributed by atoms with van der Waals surface area (Å²) in [6.45, 7) is 8.07. The number of benzene rings is 1. The average molecular weight is 417 g/mol. The maximum absolute atomic E-state index is 12.8. The van der Waals surface area contributed by atoms with Crippen LogP contribution in [0.3, 0.4) is 0 Å². The number of nitrogens with one attached hydrogen (secondary N) is 1. The molecule has 1 saturated carbocycles. The second-order valence-electron chi connectivity index (χ2n) is 8.91. The third-order valence-corrected chi connectivity index (χ3v) is 6.25. The van der Waals surface area contributed by atoms with Crippen molar-refractivity contribution in [3.63, 3.8) is 0 Å². The molecular formula is C25H28N4O2. The number of aromatic nitrogens is 4. The Hall–Kier alpha value is -3.15. The number of aryl methyl sites for hydroxylation is 2. The van der Waals surface area contributed by atoms with Crippen LogP contribution in [0.1, 0.15) is 56.8 Å². The van der Waals surface area contributed by atoms with Crippen molar-refractivity contribution < 1.29 is 4.74 Å². The summed E-state index contributed by atoms with van der Waals surface area (Å²) in [6, 6.07) is 8.64. The van der Waals surface area contributed by atoms with Crippen molar-refractivity contribution in [1.29, 1.82) is 0 Å². The summed E-state index contributed by atoms with van der Waals surface area (Å²) in [5.74, 6) is 0.644. The molecule has 0 radical (unpaired) electrons. The topological polar surface area (TPSA) is 72.8 Å². The summed E-state index contributed by atoms with van der Waals surface area (Å²) in [4.78, 5) is 20.5. The first-order valence-electron chi connectivity index (χ1n) is 11.1. The number of rotatable bonds is 4. The van der Waals surface area contributed by atoms with Crippen LogP contribution in [0.4, 0.5) is 0 Å². The van der Waals surface area contributed by atoms with Gasteiger partial charge in [0.25, 0.3) is 5.56 Å². The van der Waals surface area contributed by atoms with Gasteiger partial charge in [0.2, 0.25) is 5.88 Å². The van der Waals surface area contributed by atoms with E-state index in [0.717, 1.165) is 51.6 Å². The quantitative estimate of drug-likeness (QED) is 0.479. The van der Waals surface area contributed by atoms with Crippen LogP contribution < -0.4 is 10.3 Å². The number of hydrogen-bond donors (Lipinski definition) is 1. The zero-order valence-corrected chi connectivity index (χ0v) is 18.5. The molecule has 0 bridgehead atoms. The zero-order chi connectivity index (χ0) is 21.7.